The minimum Gasteiger partial charge on any atom is -0.477 e. The van der Waals surface area contributed by atoms with Crippen molar-refractivity contribution >= 4 is 69.9 Å². The third kappa shape index (κ3) is 4.89. The number of aliphatic hydroxyl groups excluding tert-OH is 5. The van der Waals surface area contributed by atoms with Crippen LogP contribution in [0.2, 0.25) is 0 Å². The highest BCUT2D eigenvalue weighted by molar-refractivity contribution is 7.39. The Morgan fingerprint density at radius 1 is 1.10 bits per heavy atom. The van der Waals surface area contributed by atoms with Gasteiger partial charge in [0.2, 0.25) is 0 Å². The van der Waals surface area contributed by atoms with Crippen LogP contribution in [0.15, 0.2) is 17.7 Å². The maximum Gasteiger partial charge on any atom is 0.346 e. The summed E-state index contributed by atoms with van der Waals surface area (Å²) in [6.45, 7) is -0.756. The van der Waals surface area contributed by atoms with Crippen molar-refractivity contribution in [1.29, 1.82) is 5.26 Å². The second kappa shape index (κ2) is 9.60. The molecular formula is C19H20N2O7S3. The molecule has 3 aromatic rings. The molecule has 0 saturated heterocycles. The van der Waals surface area contributed by atoms with Crippen molar-refractivity contribution in [2.24, 2.45) is 0 Å². The van der Waals surface area contributed by atoms with Gasteiger partial charge in [0, 0.05) is 27.9 Å². The van der Waals surface area contributed by atoms with Crippen molar-refractivity contribution in [2.75, 3.05) is 25.1 Å². The van der Waals surface area contributed by atoms with Crippen molar-refractivity contribution in [3.63, 3.8) is 0 Å². The summed E-state index contributed by atoms with van der Waals surface area (Å²) in [6.07, 6.45) is -4.88. The molecule has 0 amide bonds. The Labute approximate surface area is 188 Å². The van der Waals surface area contributed by atoms with E-state index in [2.05, 4.69) is 0 Å². The quantitative estimate of drug-likeness (QED) is 0.192. The highest BCUT2D eigenvalue weighted by Crippen LogP contribution is 2.46. The van der Waals surface area contributed by atoms with Crippen LogP contribution in [0.5, 0.6) is 0 Å². The SMILES string of the molecule is CN(CC(O)C(O)C(O)C(O)CO)c1cc2sc3cc(/C=C(\C#N)C(=O)O)sc3c2s1. The van der Waals surface area contributed by atoms with Gasteiger partial charge in [0.1, 0.15) is 30.0 Å². The van der Waals surface area contributed by atoms with E-state index in [-0.39, 0.29) is 12.1 Å². The lowest BCUT2D eigenvalue weighted by atomic mass is 10.0. The molecule has 3 heterocycles. The van der Waals surface area contributed by atoms with Gasteiger partial charge in [-0.25, -0.2) is 4.79 Å². The molecule has 3 rings (SSSR count). The van der Waals surface area contributed by atoms with Gasteiger partial charge >= 0.3 is 5.97 Å². The summed E-state index contributed by atoms with van der Waals surface area (Å²) in [6, 6.07) is 5.44. The number of fused-ring (bicyclic) bond motifs is 3. The third-order valence-corrected chi connectivity index (χ3v) is 8.47. The van der Waals surface area contributed by atoms with Gasteiger partial charge in [-0.3, -0.25) is 0 Å². The maximum absolute atomic E-state index is 11.0. The van der Waals surface area contributed by atoms with Crippen LogP contribution < -0.4 is 4.90 Å². The summed E-state index contributed by atoms with van der Waals surface area (Å²) in [4.78, 5) is 13.4. The van der Waals surface area contributed by atoms with Crippen LogP contribution in [0.4, 0.5) is 5.00 Å². The lowest BCUT2D eigenvalue weighted by molar-refractivity contribution is -0.132. The molecule has 9 nitrogen and oxygen atoms in total. The van der Waals surface area contributed by atoms with Gasteiger partial charge in [0.25, 0.3) is 0 Å². The Bertz CT molecular complexity index is 1160. The van der Waals surface area contributed by atoms with E-state index >= 15 is 0 Å². The average Bonchev–Trinajstić information content (AvgIpc) is 3.40. The fourth-order valence-electron chi connectivity index (χ4n) is 2.93. The number of carboxylic acid groups (broad SMARTS) is 1. The highest BCUT2D eigenvalue weighted by atomic mass is 32.1. The minimum absolute atomic E-state index is 0.0180. The van der Waals surface area contributed by atoms with Gasteiger partial charge in [-0.15, -0.1) is 34.0 Å². The predicted molar refractivity (Wildman–Crippen MR) is 121 cm³/mol. The molecule has 0 saturated carbocycles. The number of anilines is 1. The molecule has 4 atom stereocenters. The Morgan fingerprint density at radius 2 is 1.71 bits per heavy atom. The van der Waals surface area contributed by atoms with E-state index < -0.39 is 37.0 Å². The Hall–Kier alpha value is -2.08. The van der Waals surface area contributed by atoms with E-state index in [9.17, 15) is 25.2 Å². The maximum atomic E-state index is 11.0. The highest BCUT2D eigenvalue weighted by Gasteiger charge is 2.31. The zero-order chi connectivity index (χ0) is 22.9. The second-order valence-corrected chi connectivity index (χ2v) is 10.1. The fraction of sp³-hybridized carbons (Fsp3) is 0.368. The molecule has 4 unspecified atom stereocenters. The molecule has 3 aromatic heterocycles. The molecule has 0 aliphatic rings. The summed E-state index contributed by atoms with van der Waals surface area (Å²) in [5.74, 6) is -1.28. The molecule has 166 valence electrons. The summed E-state index contributed by atoms with van der Waals surface area (Å²) in [5.41, 5.74) is -0.335. The largest absolute Gasteiger partial charge is 0.477 e. The van der Waals surface area contributed by atoms with Gasteiger partial charge < -0.3 is 35.5 Å². The number of thiophene rings is 3. The van der Waals surface area contributed by atoms with Crippen LogP contribution >= 0.6 is 34.0 Å². The number of rotatable bonds is 9. The van der Waals surface area contributed by atoms with Gasteiger partial charge in [0.15, 0.2) is 0 Å². The van der Waals surface area contributed by atoms with Crippen molar-refractivity contribution in [1.82, 2.24) is 0 Å². The van der Waals surface area contributed by atoms with Crippen molar-refractivity contribution in [2.45, 2.75) is 24.4 Å². The van der Waals surface area contributed by atoms with Crippen LogP contribution in [0.25, 0.3) is 24.9 Å². The summed E-state index contributed by atoms with van der Waals surface area (Å²) >= 11 is 4.37. The lowest BCUT2D eigenvalue weighted by Gasteiger charge is -2.28. The first-order valence-corrected chi connectivity index (χ1v) is 11.5. The number of hydrogen-bond donors (Lipinski definition) is 6. The zero-order valence-electron chi connectivity index (χ0n) is 16.2. The third-order valence-electron chi connectivity index (χ3n) is 4.63. The molecule has 0 spiro atoms. The van der Waals surface area contributed by atoms with Gasteiger partial charge in [-0.1, -0.05) is 0 Å². The van der Waals surface area contributed by atoms with E-state index in [0.717, 1.165) is 23.8 Å². The number of aliphatic hydroxyl groups is 5. The molecule has 0 aliphatic carbocycles. The standard InChI is InChI=1S/C19H20N2O7S3/c1-21(6-10(23)15(25)16(26)11(24)7-22)14-4-13-18(31-14)17-12(30-13)3-9(29-17)2-8(5-20)19(27)28/h2-4,10-11,15-16,22-26H,6-7H2,1H3,(H,27,28)/b8-2+. The van der Waals surface area contributed by atoms with Crippen molar-refractivity contribution in [3.05, 3.63) is 22.6 Å². The Kier molecular flexibility index (Phi) is 7.30. The second-order valence-electron chi connectivity index (χ2n) is 6.88. The summed E-state index contributed by atoms with van der Waals surface area (Å²) in [5, 5.41) is 67.0. The molecule has 6 N–H and O–H groups in total. The van der Waals surface area contributed by atoms with Crippen LogP contribution in [-0.4, -0.2) is 81.2 Å². The van der Waals surface area contributed by atoms with Gasteiger partial charge in [-0.2, -0.15) is 5.26 Å². The van der Waals surface area contributed by atoms with Gasteiger partial charge in [0.05, 0.1) is 27.1 Å². The number of hydrogen-bond acceptors (Lipinski definition) is 11. The van der Waals surface area contributed by atoms with Crippen LogP contribution in [0.1, 0.15) is 4.88 Å². The number of carbonyl (C=O) groups is 1. The topological polar surface area (TPSA) is 165 Å². The van der Waals surface area contributed by atoms with E-state index in [0.29, 0.717) is 4.88 Å². The Balaban J connectivity index is 1.80. The Morgan fingerprint density at radius 3 is 2.32 bits per heavy atom. The van der Waals surface area contributed by atoms with Crippen LogP contribution in [0, 0.1) is 11.3 Å². The molecule has 0 aliphatic heterocycles. The first kappa shape index (κ1) is 23.6. The van der Waals surface area contributed by atoms with Crippen LogP contribution in [-0.2, 0) is 4.79 Å². The van der Waals surface area contributed by atoms with E-state index in [1.165, 1.54) is 40.1 Å². The lowest BCUT2D eigenvalue weighted by Crippen LogP contribution is -2.49. The average molecular weight is 485 g/mol. The number of carboxylic acids is 1. The molecule has 31 heavy (non-hydrogen) atoms. The number of nitriles is 1. The predicted octanol–water partition coefficient (Wildman–Crippen LogP) is 1.04. The molecule has 0 fully saturated rings. The number of likely N-dealkylation sites (N-methyl/N-ethyl adjacent to an activating group) is 1. The minimum atomic E-state index is -1.68. The van der Waals surface area contributed by atoms with Crippen molar-refractivity contribution < 1.29 is 35.4 Å². The molecule has 0 bridgehead atoms. The van der Waals surface area contributed by atoms with Crippen LogP contribution in [0.3, 0.4) is 0 Å². The first-order chi connectivity index (χ1) is 14.7. The number of nitrogens with zero attached hydrogens (tertiary/aromatic N) is 2. The normalized spacial score (nSPS) is 16.2. The zero-order valence-corrected chi connectivity index (χ0v) is 18.6. The van der Waals surface area contributed by atoms with Crippen molar-refractivity contribution in [3.8, 4) is 6.07 Å². The van der Waals surface area contributed by atoms with E-state index in [1.54, 1.807) is 18.0 Å². The van der Waals surface area contributed by atoms with Gasteiger partial charge in [-0.05, 0) is 18.2 Å². The summed E-state index contributed by atoms with van der Waals surface area (Å²) < 4.78 is 3.95. The molecule has 0 radical (unpaired) electrons. The first-order valence-electron chi connectivity index (χ1n) is 9.01. The number of aliphatic carboxylic acids is 1. The fourth-order valence-corrected chi connectivity index (χ4v) is 6.87. The van der Waals surface area contributed by atoms with E-state index in [1.807, 2.05) is 12.1 Å². The van der Waals surface area contributed by atoms with E-state index in [4.69, 9.17) is 15.5 Å². The molecule has 12 heteroatoms. The monoisotopic (exact) mass is 484 g/mol. The summed E-state index contributed by atoms with van der Waals surface area (Å²) in [7, 11) is 1.71. The molecule has 0 aromatic carbocycles. The smallest absolute Gasteiger partial charge is 0.346 e. The molecular weight excluding hydrogens is 464 g/mol.